The summed E-state index contributed by atoms with van der Waals surface area (Å²) in [5.41, 5.74) is -11.6. The molecule has 0 bridgehead atoms. The van der Waals surface area contributed by atoms with E-state index in [4.69, 9.17) is 0 Å². The maximum absolute atomic E-state index is 11.8. The van der Waals surface area contributed by atoms with E-state index in [9.17, 15) is 43.2 Å². The molecule has 0 spiro atoms. The van der Waals surface area contributed by atoms with Crippen LogP contribution in [0.4, 0.5) is 26.3 Å². The van der Waals surface area contributed by atoms with Crippen LogP contribution in [-0.2, 0) is 28.6 Å². The molecule has 0 saturated heterocycles. The molecule has 0 aromatic carbocycles. The van der Waals surface area contributed by atoms with Crippen LogP contribution in [0, 0.1) is 0 Å². The summed E-state index contributed by atoms with van der Waals surface area (Å²) in [6, 6.07) is 0. The van der Waals surface area contributed by atoms with Crippen molar-refractivity contribution in [3.8, 4) is 0 Å². The maximum atomic E-state index is 11.8. The minimum Gasteiger partial charge on any atom is -0.260 e. The third-order valence-electron chi connectivity index (χ3n) is 1.32. The second-order valence-electron chi connectivity index (χ2n) is 2.99. The van der Waals surface area contributed by atoms with E-state index in [1.807, 2.05) is 0 Å². The first kappa shape index (κ1) is 18.4. The fourth-order valence-electron chi connectivity index (χ4n) is 0.551. The van der Waals surface area contributed by atoms with Gasteiger partial charge < -0.3 is 0 Å². The lowest BCUT2D eigenvalue weighted by Gasteiger charge is -2.15. The van der Waals surface area contributed by atoms with Crippen LogP contribution in [-0.4, -0.2) is 40.6 Å². The Morgan fingerprint density at radius 2 is 1.26 bits per heavy atom. The molecule has 0 amide bonds. The van der Waals surface area contributed by atoms with Crippen LogP contribution in [0.5, 0.6) is 0 Å². The molecule has 1 unspecified atom stereocenters. The van der Waals surface area contributed by atoms with Gasteiger partial charge in [-0.1, -0.05) is 0 Å². The lowest BCUT2D eigenvalue weighted by atomic mass is 10.5. The Kier molecular flexibility index (Phi) is 5.24. The van der Waals surface area contributed by atoms with Crippen molar-refractivity contribution >= 4 is 20.2 Å². The fourth-order valence-corrected chi connectivity index (χ4v) is 1.65. The molecule has 0 fully saturated rings. The summed E-state index contributed by atoms with van der Waals surface area (Å²) in [6.45, 7) is -0.980. The minimum atomic E-state index is -6.06. The van der Waals surface area contributed by atoms with Crippen LogP contribution in [0.25, 0.3) is 0 Å². The van der Waals surface area contributed by atoms with Gasteiger partial charge >= 0.3 is 31.3 Å². The van der Waals surface area contributed by atoms with E-state index in [1.54, 1.807) is 0 Å². The number of halogens is 6. The van der Waals surface area contributed by atoms with E-state index in [2.05, 4.69) is 8.37 Å². The number of hydrogen-bond donors (Lipinski definition) is 0. The molecule has 0 aromatic rings. The second kappa shape index (κ2) is 5.41. The molecule has 19 heavy (non-hydrogen) atoms. The van der Waals surface area contributed by atoms with Gasteiger partial charge in [0.1, 0.15) is 0 Å². The van der Waals surface area contributed by atoms with Crippen molar-refractivity contribution in [3.63, 3.8) is 0 Å². The average molecular weight is 340 g/mol. The predicted octanol–water partition coefficient (Wildman–Crippen LogP) is 1.11. The molecule has 0 N–H and O–H groups in total. The highest BCUT2D eigenvalue weighted by molar-refractivity contribution is 7.88. The fraction of sp³-hybridized carbons (Fsp3) is 1.00. The molecule has 0 radical (unpaired) electrons. The molecule has 0 heterocycles. The van der Waals surface area contributed by atoms with Crippen LogP contribution < -0.4 is 0 Å². The van der Waals surface area contributed by atoms with Gasteiger partial charge in [-0.2, -0.15) is 43.2 Å². The van der Waals surface area contributed by atoms with Gasteiger partial charge in [0, 0.05) is 0 Å². The summed E-state index contributed by atoms with van der Waals surface area (Å²) < 4.78 is 119. The van der Waals surface area contributed by atoms with Gasteiger partial charge in [-0.15, -0.1) is 0 Å². The summed E-state index contributed by atoms with van der Waals surface area (Å²) in [6.07, 6.45) is -2.09. The van der Waals surface area contributed by atoms with E-state index in [1.165, 1.54) is 0 Å². The molecule has 0 aliphatic heterocycles. The molecule has 1 atom stereocenters. The van der Waals surface area contributed by atoms with Gasteiger partial charge in [-0.25, -0.2) is 0 Å². The Hall–Kier alpha value is -0.600. The van der Waals surface area contributed by atoms with E-state index >= 15 is 0 Å². The van der Waals surface area contributed by atoms with E-state index in [0.717, 1.165) is 0 Å². The summed E-state index contributed by atoms with van der Waals surface area (Å²) in [7, 11) is -12.1. The monoisotopic (exact) mass is 340 g/mol. The zero-order valence-corrected chi connectivity index (χ0v) is 10.5. The van der Waals surface area contributed by atoms with E-state index in [0.29, 0.717) is 6.92 Å². The van der Waals surface area contributed by atoms with Gasteiger partial charge in [0.15, 0.2) is 0 Å². The molecule has 14 heteroatoms. The third-order valence-corrected chi connectivity index (χ3v) is 3.48. The van der Waals surface area contributed by atoms with Crippen molar-refractivity contribution < 1.29 is 51.5 Å². The lowest BCUT2D eigenvalue weighted by Crippen LogP contribution is -2.33. The number of alkyl halides is 6. The van der Waals surface area contributed by atoms with Gasteiger partial charge in [0.05, 0.1) is 12.7 Å². The highest BCUT2D eigenvalue weighted by Gasteiger charge is 2.50. The van der Waals surface area contributed by atoms with Crippen LogP contribution in [0.3, 0.4) is 0 Å². The van der Waals surface area contributed by atoms with E-state index in [-0.39, 0.29) is 0 Å². The first-order valence-corrected chi connectivity index (χ1v) is 6.87. The van der Waals surface area contributed by atoms with Gasteiger partial charge in [-0.3, -0.25) is 8.37 Å². The highest BCUT2D eigenvalue weighted by atomic mass is 32.2. The minimum absolute atomic E-state index is 0.579. The first-order valence-electron chi connectivity index (χ1n) is 4.05. The molecule has 0 rings (SSSR count). The van der Waals surface area contributed by atoms with Crippen molar-refractivity contribution in [2.75, 3.05) is 6.61 Å². The summed E-state index contributed by atoms with van der Waals surface area (Å²) in [4.78, 5) is 0. The van der Waals surface area contributed by atoms with Crippen LogP contribution in [0.15, 0.2) is 0 Å². The molecule has 0 aliphatic carbocycles. The van der Waals surface area contributed by atoms with Gasteiger partial charge in [-0.05, 0) is 6.92 Å². The molecule has 116 valence electrons. The zero-order valence-electron chi connectivity index (χ0n) is 8.82. The summed E-state index contributed by atoms with van der Waals surface area (Å²) >= 11 is 0. The van der Waals surface area contributed by atoms with Crippen molar-refractivity contribution in [2.45, 2.75) is 24.0 Å². The molecule has 0 saturated carbocycles. The molecular formula is C5H6F6O6S2. The third kappa shape index (κ3) is 5.12. The zero-order chi connectivity index (χ0) is 15.7. The number of hydrogen-bond acceptors (Lipinski definition) is 6. The largest absolute Gasteiger partial charge is 0.523 e. The maximum Gasteiger partial charge on any atom is 0.523 e. The molecular weight excluding hydrogens is 334 g/mol. The standard InChI is InChI=1S/C5H6F6O6S2/c1-3(17-19(14,15)5(9,10)11)2-16-18(12,13)4(6,7)8/h3H,2H2,1H3. The van der Waals surface area contributed by atoms with Gasteiger partial charge in [0.25, 0.3) is 0 Å². The van der Waals surface area contributed by atoms with Crippen molar-refractivity contribution in [1.29, 1.82) is 0 Å². The van der Waals surface area contributed by atoms with Crippen LogP contribution in [0.1, 0.15) is 6.92 Å². The van der Waals surface area contributed by atoms with Gasteiger partial charge in [0.2, 0.25) is 0 Å². The molecule has 0 aromatic heterocycles. The molecule has 6 nitrogen and oxygen atoms in total. The second-order valence-corrected chi connectivity index (χ2v) is 6.16. The van der Waals surface area contributed by atoms with Crippen LogP contribution in [0.2, 0.25) is 0 Å². The van der Waals surface area contributed by atoms with Crippen molar-refractivity contribution in [2.24, 2.45) is 0 Å². The normalized spacial score (nSPS) is 16.4. The Morgan fingerprint density at radius 3 is 1.58 bits per heavy atom. The smallest absolute Gasteiger partial charge is 0.260 e. The Balaban J connectivity index is 4.66. The highest BCUT2D eigenvalue weighted by Crippen LogP contribution is 2.27. The quantitative estimate of drug-likeness (QED) is 0.423. The Bertz CT molecular complexity index is 501. The average Bonchev–Trinajstić information content (AvgIpc) is 2.10. The topological polar surface area (TPSA) is 86.7 Å². The van der Waals surface area contributed by atoms with Crippen molar-refractivity contribution in [3.05, 3.63) is 0 Å². The molecule has 0 aliphatic rings. The predicted molar refractivity (Wildman–Crippen MR) is 46.4 cm³/mol. The summed E-state index contributed by atoms with van der Waals surface area (Å²) in [5.74, 6) is 0. The lowest BCUT2D eigenvalue weighted by molar-refractivity contribution is -0.0622. The first-order chi connectivity index (χ1) is 8.10. The number of rotatable bonds is 5. The van der Waals surface area contributed by atoms with Crippen LogP contribution >= 0.6 is 0 Å². The Labute approximate surface area is 103 Å². The SMILES string of the molecule is CC(COS(=O)(=O)C(F)(F)F)OS(=O)(=O)C(F)(F)F. The Morgan fingerprint density at radius 1 is 0.895 bits per heavy atom. The summed E-state index contributed by atoms with van der Waals surface area (Å²) in [5, 5.41) is 0. The van der Waals surface area contributed by atoms with Crippen molar-refractivity contribution in [1.82, 2.24) is 0 Å². The van der Waals surface area contributed by atoms with E-state index < -0.39 is 44.0 Å².